The molecule has 0 aromatic heterocycles. The van der Waals surface area contributed by atoms with Crippen molar-refractivity contribution in [3.8, 4) is 0 Å². The number of halogens is 2. The Balaban J connectivity index is 1.35. The van der Waals surface area contributed by atoms with E-state index in [9.17, 15) is 14.0 Å². The van der Waals surface area contributed by atoms with Crippen molar-refractivity contribution in [2.75, 3.05) is 32.8 Å². The van der Waals surface area contributed by atoms with Crippen LogP contribution in [0.15, 0.2) is 18.2 Å². The second-order valence-corrected chi connectivity index (χ2v) is 10.7. The number of amides is 3. The van der Waals surface area contributed by atoms with Crippen LogP contribution in [0.1, 0.15) is 45.6 Å². The molecule has 1 aromatic carbocycles. The van der Waals surface area contributed by atoms with Crippen LogP contribution in [0, 0.1) is 17.2 Å². The minimum atomic E-state index is -0.762. The number of benzene rings is 1. The van der Waals surface area contributed by atoms with Gasteiger partial charge in [0, 0.05) is 43.3 Å². The van der Waals surface area contributed by atoms with Crippen molar-refractivity contribution in [2.24, 2.45) is 11.3 Å². The summed E-state index contributed by atoms with van der Waals surface area (Å²) >= 11 is 6.16. The number of hydrogen-bond acceptors (Lipinski definition) is 4. The highest BCUT2D eigenvalue weighted by molar-refractivity contribution is 6.31. The van der Waals surface area contributed by atoms with Crippen molar-refractivity contribution in [2.45, 2.75) is 52.1 Å². The molecule has 1 aliphatic carbocycles. The summed E-state index contributed by atoms with van der Waals surface area (Å²) in [5.74, 6) is 0.0172. The molecular formula is C23H32ClFN4O2. The maximum Gasteiger partial charge on any atom is 0.326 e. The van der Waals surface area contributed by atoms with Crippen molar-refractivity contribution in [3.05, 3.63) is 34.6 Å². The number of urea groups is 1. The van der Waals surface area contributed by atoms with Crippen LogP contribution in [-0.2, 0) is 11.3 Å². The lowest BCUT2D eigenvalue weighted by atomic mass is 9.64. The Labute approximate surface area is 188 Å². The van der Waals surface area contributed by atoms with Gasteiger partial charge in [0.2, 0.25) is 0 Å². The average molecular weight is 451 g/mol. The first-order valence-corrected chi connectivity index (χ1v) is 11.5. The number of nitrogens with zero attached hydrogens (tertiary/aromatic N) is 3. The molecule has 1 aromatic rings. The summed E-state index contributed by atoms with van der Waals surface area (Å²) in [5.41, 5.74) is -0.222. The normalized spacial score (nSPS) is 29.6. The molecule has 1 saturated carbocycles. The smallest absolute Gasteiger partial charge is 0.323 e. The van der Waals surface area contributed by atoms with Crippen molar-refractivity contribution < 1.29 is 14.0 Å². The molecular weight excluding hydrogens is 419 g/mol. The lowest BCUT2D eigenvalue weighted by Crippen LogP contribution is -2.55. The summed E-state index contributed by atoms with van der Waals surface area (Å²) in [6.45, 7) is 10.1. The van der Waals surface area contributed by atoms with Crippen LogP contribution in [0.25, 0.3) is 0 Å². The van der Waals surface area contributed by atoms with Gasteiger partial charge in [-0.25, -0.2) is 14.1 Å². The first-order valence-electron chi connectivity index (χ1n) is 11.1. The monoisotopic (exact) mass is 450 g/mol. The molecule has 1 spiro atoms. The molecule has 2 aliphatic heterocycles. The zero-order chi connectivity index (χ0) is 22.4. The van der Waals surface area contributed by atoms with Crippen LogP contribution in [0.5, 0.6) is 0 Å². The zero-order valence-corrected chi connectivity index (χ0v) is 19.3. The number of piperazine rings is 1. The van der Waals surface area contributed by atoms with Crippen LogP contribution in [0.4, 0.5) is 9.18 Å². The van der Waals surface area contributed by atoms with Gasteiger partial charge in [0.25, 0.3) is 5.91 Å². The van der Waals surface area contributed by atoms with E-state index in [2.05, 4.69) is 35.9 Å². The molecule has 3 aliphatic rings. The number of carbonyl (C=O) groups is 2. The average Bonchev–Trinajstić information content (AvgIpc) is 2.88. The van der Waals surface area contributed by atoms with Gasteiger partial charge in [0.1, 0.15) is 11.4 Å². The van der Waals surface area contributed by atoms with Crippen LogP contribution >= 0.6 is 11.6 Å². The fraction of sp³-hybridized carbons (Fsp3) is 0.652. The highest BCUT2D eigenvalue weighted by Crippen LogP contribution is 2.46. The first kappa shape index (κ1) is 22.5. The second kappa shape index (κ2) is 8.34. The van der Waals surface area contributed by atoms with Crippen LogP contribution in [0.3, 0.4) is 0 Å². The summed E-state index contributed by atoms with van der Waals surface area (Å²) in [6.07, 6.45) is 2.45. The van der Waals surface area contributed by atoms with E-state index < -0.39 is 5.54 Å². The molecule has 1 N–H and O–H groups in total. The summed E-state index contributed by atoms with van der Waals surface area (Å²) in [4.78, 5) is 31.7. The second-order valence-electron chi connectivity index (χ2n) is 10.3. The van der Waals surface area contributed by atoms with Crippen LogP contribution in [-0.4, -0.2) is 65.0 Å². The Morgan fingerprint density at radius 3 is 2.45 bits per heavy atom. The maximum atomic E-state index is 14.1. The third-order valence-electron chi connectivity index (χ3n) is 6.87. The van der Waals surface area contributed by atoms with Crippen molar-refractivity contribution in [3.63, 3.8) is 0 Å². The number of carbonyl (C=O) groups excluding carboxylic acids is 2. The molecule has 3 amide bonds. The molecule has 6 nitrogen and oxygen atoms in total. The van der Waals surface area contributed by atoms with E-state index in [0.717, 1.165) is 19.5 Å². The third kappa shape index (κ3) is 4.59. The Morgan fingerprint density at radius 1 is 1.13 bits per heavy atom. The van der Waals surface area contributed by atoms with Gasteiger partial charge in [0.15, 0.2) is 0 Å². The lowest BCUT2D eigenvalue weighted by molar-refractivity contribution is -0.136. The molecule has 3 fully saturated rings. The van der Waals surface area contributed by atoms with Gasteiger partial charge >= 0.3 is 6.03 Å². The van der Waals surface area contributed by atoms with Crippen LogP contribution in [0.2, 0.25) is 5.02 Å². The van der Waals surface area contributed by atoms with Crippen LogP contribution < -0.4 is 5.32 Å². The Bertz CT molecular complexity index is 851. The van der Waals surface area contributed by atoms with E-state index in [4.69, 9.17) is 11.6 Å². The highest BCUT2D eigenvalue weighted by atomic mass is 35.5. The summed E-state index contributed by atoms with van der Waals surface area (Å²) < 4.78 is 14.1. The van der Waals surface area contributed by atoms with Crippen molar-refractivity contribution in [1.82, 2.24) is 20.0 Å². The van der Waals surface area contributed by atoms with Crippen molar-refractivity contribution >= 4 is 23.5 Å². The van der Waals surface area contributed by atoms with Gasteiger partial charge in [-0.1, -0.05) is 38.4 Å². The molecule has 2 atom stereocenters. The van der Waals surface area contributed by atoms with E-state index in [1.807, 2.05) is 0 Å². The standard InChI is InChI=1S/C23H32ClFN4O2/c1-16-11-22(2,3)14-23(12-16)20(30)29(21(31)26-23)15-28-9-7-27(8-10-28)13-17-18(24)5-4-6-19(17)25/h4-6,16H,7-15H2,1-3H3,(H,26,31). The minimum Gasteiger partial charge on any atom is -0.323 e. The van der Waals surface area contributed by atoms with E-state index >= 15 is 0 Å². The molecule has 170 valence electrons. The Hall–Kier alpha value is -1.70. The summed E-state index contributed by atoms with van der Waals surface area (Å²) in [7, 11) is 0. The molecule has 2 unspecified atom stereocenters. The SMILES string of the molecule is CC1CC(C)(C)CC2(C1)NC(=O)N(CN1CCN(Cc3c(F)cccc3Cl)CC1)C2=O. The Morgan fingerprint density at radius 2 is 1.81 bits per heavy atom. The van der Waals surface area contributed by atoms with E-state index in [1.165, 1.54) is 11.0 Å². The lowest BCUT2D eigenvalue weighted by Gasteiger charge is -2.44. The molecule has 0 radical (unpaired) electrons. The van der Waals surface area contributed by atoms with Gasteiger partial charge in [-0.2, -0.15) is 0 Å². The topological polar surface area (TPSA) is 55.9 Å². The largest absolute Gasteiger partial charge is 0.326 e. The van der Waals surface area contributed by atoms with Gasteiger partial charge in [-0.15, -0.1) is 0 Å². The first-order chi connectivity index (χ1) is 14.6. The molecule has 2 heterocycles. The summed E-state index contributed by atoms with van der Waals surface area (Å²) in [6, 6.07) is 4.46. The quantitative estimate of drug-likeness (QED) is 0.711. The predicted octanol–water partition coefficient (Wildman–Crippen LogP) is 3.69. The number of hydrogen-bond donors (Lipinski definition) is 1. The minimum absolute atomic E-state index is 0.0240. The predicted molar refractivity (Wildman–Crippen MR) is 118 cm³/mol. The molecule has 4 rings (SSSR count). The van der Waals surface area contributed by atoms with Gasteiger partial charge in [-0.3, -0.25) is 14.6 Å². The molecule has 8 heteroatoms. The molecule has 2 saturated heterocycles. The van der Waals surface area contributed by atoms with Gasteiger partial charge in [-0.05, 0) is 42.7 Å². The summed E-state index contributed by atoms with van der Waals surface area (Å²) in [5, 5.41) is 3.48. The Kier molecular flexibility index (Phi) is 6.05. The van der Waals surface area contributed by atoms with Gasteiger partial charge in [0.05, 0.1) is 6.67 Å². The van der Waals surface area contributed by atoms with E-state index in [-0.39, 0.29) is 23.2 Å². The van der Waals surface area contributed by atoms with E-state index in [1.54, 1.807) is 12.1 Å². The fourth-order valence-corrected chi connectivity index (χ4v) is 6.05. The number of imide groups is 1. The molecule has 31 heavy (non-hydrogen) atoms. The van der Waals surface area contributed by atoms with E-state index in [0.29, 0.717) is 55.6 Å². The fourth-order valence-electron chi connectivity index (χ4n) is 5.83. The highest BCUT2D eigenvalue weighted by Gasteiger charge is 2.56. The number of nitrogens with one attached hydrogen (secondary N) is 1. The molecule has 0 bridgehead atoms. The van der Waals surface area contributed by atoms with Crippen molar-refractivity contribution in [1.29, 1.82) is 0 Å². The number of rotatable bonds is 4. The van der Waals surface area contributed by atoms with Gasteiger partial charge < -0.3 is 5.32 Å². The third-order valence-corrected chi connectivity index (χ3v) is 7.23. The maximum absolute atomic E-state index is 14.1. The zero-order valence-electron chi connectivity index (χ0n) is 18.6.